The number of hydrogen-bond acceptors (Lipinski definition) is 3. The Labute approximate surface area is 128 Å². The molecule has 6 heteroatoms. The largest absolute Gasteiger partial charge is 0.356 e. The molecule has 1 aliphatic carbocycles. The Morgan fingerprint density at radius 2 is 2.00 bits per heavy atom. The number of carbonyl (C=O) groups excluding carboxylic acids is 3. The Morgan fingerprint density at radius 3 is 2.77 bits per heavy atom. The lowest BCUT2D eigenvalue weighted by Gasteiger charge is -2.14. The maximum absolute atomic E-state index is 12.2. The van der Waals surface area contributed by atoms with Crippen LogP contribution in [0.2, 0.25) is 0 Å². The van der Waals surface area contributed by atoms with Gasteiger partial charge in [0.05, 0.1) is 11.3 Å². The molecule has 1 atom stereocenters. The minimum absolute atomic E-state index is 0.0734. The molecule has 0 aromatic heterocycles. The highest BCUT2D eigenvalue weighted by atomic mass is 16.2. The van der Waals surface area contributed by atoms with Crippen molar-refractivity contribution in [3.8, 4) is 0 Å². The number of benzene rings is 1. The summed E-state index contributed by atoms with van der Waals surface area (Å²) in [5.41, 5.74) is 0.946. The van der Waals surface area contributed by atoms with Gasteiger partial charge in [0.2, 0.25) is 11.8 Å². The van der Waals surface area contributed by atoms with E-state index in [2.05, 4.69) is 16.0 Å². The Morgan fingerprint density at radius 1 is 1.23 bits per heavy atom. The van der Waals surface area contributed by atoms with Crippen LogP contribution >= 0.6 is 0 Å². The summed E-state index contributed by atoms with van der Waals surface area (Å²) in [7, 11) is 0. The van der Waals surface area contributed by atoms with Crippen LogP contribution < -0.4 is 16.0 Å². The summed E-state index contributed by atoms with van der Waals surface area (Å²) in [5.74, 6) is -0.0272. The lowest BCUT2D eigenvalue weighted by Crippen LogP contribution is -2.42. The molecule has 0 spiro atoms. The predicted octanol–water partition coefficient (Wildman–Crippen LogP) is 1.04. The SMILES string of the molecule is O=C(CCC1NC(=O)c2ccccc2NC1=O)NCC1CC1. The smallest absolute Gasteiger partial charge is 0.254 e. The molecule has 2 aliphatic rings. The van der Waals surface area contributed by atoms with E-state index >= 15 is 0 Å². The Hall–Kier alpha value is -2.37. The van der Waals surface area contributed by atoms with Crippen molar-refractivity contribution in [2.75, 3.05) is 11.9 Å². The molecule has 0 saturated heterocycles. The zero-order chi connectivity index (χ0) is 15.5. The number of rotatable bonds is 5. The van der Waals surface area contributed by atoms with E-state index in [1.54, 1.807) is 24.3 Å². The summed E-state index contributed by atoms with van der Waals surface area (Å²) >= 11 is 0. The van der Waals surface area contributed by atoms with E-state index in [4.69, 9.17) is 0 Å². The first-order valence-corrected chi connectivity index (χ1v) is 7.61. The molecular weight excluding hydrogens is 282 g/mol. The van der Waals surface area contributed by atoms with E-state index in [1.165, 1.54) is 12.8 Å². The highest BCUT2D eigenvalue weighted by Crippen LogP contribution is 2.27. The van der Waals surface area contributed by atoms with E-state index in [-0.39, 0.29) is 24.1 Å². The van der Waals surface area contributed by atoms with Gasteiger partial charge in [-0.1, -0.05) is 12.1 Å². The summed E-state index contributed by atoms with van der Waals surface area (Å²) in [6.07, 6.45) is 2.88. The standard InChI is InChI=1S/C16H19N3O3/c20-14(17-9-10-5-6-10)8-7-13-16(22)18-12-4-2-1-3-11(12)15(21)19-13/h1-4,10,13H,5-9H2,(H,17,20)(H,18,22)(H,19,21). The van der Waals surface area contributed by atoms with Crippen molar-refractivity contribution >= 4 is 23.4 Å². The van der Waals surface area contributed by atoms with Gasteiger partial charge in [0, 0.05) is 13.0 Å². The molecule has 1 unspecified atom stereocenters. The third-order valence-electron chi connectivity index (χ3n) is 4.00. The molecule has 1 heterocycles. The molecule has 3 rings (SSSR count). The zero-order valence-electron chi connectivity index (χ0n) is 12.2. The topological polar surface area (TPSA) is 87.3 Å². The second kappa shape index (κ2) is 6.17. The molecule has 1 fully saturated rings. The van der Waals surface area contributed by atoms with Gasteiger partial charge in [-0.3, -0.25) is 14.4 Å². The second-order valence-corrected chi connectivity index (χ2v) is 5.85. The molecule has 6 nitrogen and oxygen atoms in total. The molecule has 0 radical (unpaired) electrons. The predicted molar refractivity (Wildman–Crippen MR) is 81.3 cm³/mol. The first-order chi connectivity index (χ1) is 10.6. The quantitative estimate of drug-likeness (QED) is 0.759. The fourth-order valence-corrected chi connectivity index (χ4v) is 2.46. The van der Waals surface area contributed by atoms with Gasteiger partial charge in [-0.05, 0) is 37.3 Å². The van der Waals surface area contributed by atoms with Crippen LogP contribution in [0.4, 0.5) is 5.69 Å². The molecule has 3 amide bonds. The fourth-order valence-electron chi connectivity index (χ4n) is 2.46. The van der Waals surface area contributed by atoms with Crippen LogP contribution in [0, 0.1) is 5.92 Å². The van der Waals surface area contributed by atoms with Gasteiger partial charge in [0.1, 0.15) is 6.04 Å². The Balaban J connectivity index is 1.57. The number of nitrogens with one attached hydrogen (secondary N) is 3. The summed E-state index contributed by atoms with van der Waals surface area (Å²) < 4.78 is 0. The van der Waals surface area contributed by atoms with E-state index in [0.717, 1.165) is 0 Å². The average molecular weight is 301 g/mol. The van der Waals surface area contributed by atoms with Gasteiger partial charge in [0.15, 0.2) is 0 Å². The second-order valence-electron chi connectivity index (χ2n) is 5.85. The summed E-state index contributed by atoms with van der Waals surface area (Å²) in [6, 6.07) is 6.17. The van der Waals surface area contributed by atoms with Gasteiger partial charge < -0.3 is 16.0 Å². The van der Waals surface area contributed by atoms with E-state index in [1.807, 2.05) is 0 Å². The monoisotopic (exact) mass is 301 g/mol. The normalized spacial score (nSPS) is 20.5. The van der Waals surface area contributed by atoms with Crippen LogP contribution in [0.3, 0.4) is 0 Å². The molecular formula is C16H19N3O3. The number of para-hydroxylation sites is 1. The van der Waals surface area contributed by atoms with Gasteiger partial charge in [-0.25, -0.2) is 0 Å². The zero-order valence-corrected chi connectivity index (χ0v) is 12.2. The van der Waals surface area contributed by atoms with E-state index in [9.17, 15) is 14.4 Å². The van der Waals surface area contributed by atoms with Crippen LogP contribution in [0.15, 0.2) is 24.3 Å². The third-order valence-corrected chi connectivity index (χ3v) is 4.00. The molecule has 3 N–H and O–H groups in total. The van der Waals surface area contributed by atoms with Crippen molar-refractivity contribution in [2.24, 2.45) is 5.92 Å². The van der Waals surface area contributed by atoms with Crippen molar-refractivity contribution in [1.29, 1.82) is 0 Å². The lowest BCUT2D eigenvalue weighted by molar-refractivity contribution is -0.121. The van der Waals surface area contributed by atoms with Crippen molar-refractivity contribution in [2.45, 2.75) is 31.7 Å². The Kier molecular flexibility index (Phi) is 4.09. The molecule has 1 aromatic rings. The maximum Gasteiger partial charge on any atom is 0.254 e. The van der Waals surface area contributed by atoms with E-state index < -0.39 is 6.04 Å². The van der Waals surface area contributed by atoms with Crippen molar-refractivity contribution in [3.05, 3.63) is 29.8 Å². The molecule has 1 saturated carbocycles. The number of fused-ring (bicyclic) bond motifs is 1. The molecule has 116 valence electrons. The first kappa shape index (κ1) is 14.6. The van der Waals surface area contributed by atoms with E-state index in [0.29, 0.717) is 30.1 Å². The van der Waals surface area contributed by atoms with Crippen LogP contribution in [0.25, 0.3) is 0 Å². The van der Waals surface area contributed by atoms with Gasteiger partial charge in [-0.2, -0.15) is 0 Å². The number of carbonyl (C=O) groups is 3. The summed E-state index contributed by atoms with van der Waals surface area (Å²) in [5, 5.41) is 8.28. The molecule has 1 aliphatic heterocycles. The van der Waals surface area contributed by atoms with Crippen LogP contribution in [-0.2, 0) is 9.59 Å². The minimum Gasteiger partial charge on any atom is -0.356 e. The summed E-state index contributed by atoms with van der Waals surface area (Å²) in [6.45, 7) is 0.716. The summed E-state index contributed by atoms with van der Waals surface area (Å²) in [4.78, 5) is 36.0. The van der Waals surface area contributed by atoms with Gasteiger partial charge >= 0.3 is 0 Å². The van der Waals surface area contributed by atoms with Gasteiger partial charge in [0.25, 0.3) is 5.91 Å². The molecule has 22 heavy (non-hydrogen) atoms. The maximum atomic E-state index is 12.2. The number of anilines is 1. The van der Waals surface area contributed by atoms with Crippen molar-refractivity contribution in [1.82, 2.24) is 10.6 Å². The number of amides is 3. The number of hydrogen-bond donors (Lipinski definition) is 3. The average Bonchev–Trinajstić information content (AvgIpc) is 3.33. The Bertz CT molecular complexity index is 610. The van der Waals surface area contributed by atoms with Crippen LogP contribution in [-0.4, -0.2) is 30.3 Å². The van der Waals surface area contributed by atoms with Crippen molar-refractivity contribution in [3.63, 3.8) is 0 Å². The highest BCUT2D eigenvalue weighted by molar-refractivity contribution is 6.09. The first-order valence-electron chi connectivity index (χ1n) is 7.61. The minimum atomic E-state index is -0.688. The molecule has 1 aromatic carbocycles. The highest BCUT2D eigenvalue weighted by Gasteiger charge is 2.28. The van der Waals surface area contributed by atoms with Crippen LogP contribution in [0.5, 0.6) is 0 Å². The van der Waals surface area contributed by atoms with Crippen molar-refractivity contribution < 1.29 is 14.4 Å². The third kappa shape index (κ3) is 3.44. The van der Waals surface area contributed by atoms with Gasteiger partial charge in [-0.15, -0.1) is 0 Å². The van der Waals surface area contributed by atoms with Crippen LogP contribution in [0.1, 0.15) is 36.0 Å². The lowest BCUT2D eigenvalue weighted by atomic mass is 10.1. The molecule has 0 bridgehead atoms. The fraction of sp³-hybridized carbons (Fsp3) is 0.438.